The Bertz CT molecular complexity index is 1960. The van der Waals surface area contributed by atoms with Gasteiger partial charge in [0.05, 0.1) is 29.3 Å². The first-order chi connectivity index (χ1) is 22.0. The van der Waals surface area contributed by atoms with Crippen molar-refractivity contribution in [3.8, 4) is 10.7 Å². The average Bonchev–Trinajstić information content (AvgIpc) is 3.28. The molecule has 0 spiro atoms. The van der Waals surface area contributed by atoms with Crippen LogP contribution in [-0.4, -0.2) is 74.7 Å². The van der Waals surface area contributed by atoms with E-state index in [1.54, 1.807) is 44.3 Å². The van der Waals surface area contributed by atoms with E-state index in [9.17, 15) is 26.8 Å². The third kappa shape index (κ3) is 6.33. The first kappa shape index (κ1) is 32.9. The number of hydrogen-bond donors (Lipinski definition) is 2. The number of aryl methyl sites for hydroxylation is 1. The number of halogens is 2. The van der Waals surface area contributed by atoms with Crippen LogP contribution in [0, 0.1) is 6.57 Å². The Morgan fingerprint density at radius 3 is 2.53 bits per heavy atom. The summed E-state index contributed by atoms with van der Waals surface area (Å²) >= 11 is 0.674. The number of amides is 2. The molecule has 2 bridgehead atoms. The van der Waals surface area contributed by atoms with Crippen molar-refractivity contribution in [1.29, 1.82) is 0 Å². The smallest absolute Gasteiger partial charge is 0.408 e. The predicted octanol–water partition coefficient (Wildman–Crippen LogP) is 4.78. The first-order valence-corrected chi connectivity index (χ1v) is 17.4. The number of benzene rings is 1. The van der Waals surface area contributed by atoms with Crippen LogP contribution in [0.15, 0.2) is 23.1 Å². The number of carbonyl (C=O) groups is 2. The number of ether oxygens (including phenoxy) is 1. The van der Waals surface area contributed by atoms with E-state index >= 15 is 0 Å². The molecule has 17 heteroatoms. The number of nitrogens with zero attached hydrogens (tertiary/aromatic N) is 6. The maximum absolute atomic E-state index is 13.7. The zero-order valence-electron chi connectivity index (χ0n) is 26.4. The Hall–Kier alpha value is -4.01. The van der Waals surface area contributed by atoms with E-state index in [0.717, 1.165) is 5.57 Å². The highest BCUT2D eigenvalue weighted by molar-refractivity contribution is 7.89. The Morgan fingerprint density at radius 1 is 1.21 bits per heavy atom. The van der Waals surface area contributed by atoms with Gasteiger partial charge in [-0.2, -0.15) is 5.10 Å². The normalized spacial score (nSPS) is 21.0. The van der Waals surface area contributed by atoms with Gasteiger partial charge in [-0.25, -0.2) is 28.6 Å². The molecule has 0 radical (unpaired) electrons. The molecule has 1 aromatic carbocycles. The summed E-state index contributed by atoms with van der Waals surface area (Å²) in [6, 6.07) is 1.59. The van der Waals surface area contributed by atoms with Crippen LogP contribution in [-0.2, 0) is 26.6 Å². The second-order valence-electron chi connectivity index (χ2n) is 13.1. The SMILES string of the molecule is [C-]#[N+]C1(NS(=O)(=O)c2cc(C3=CC4CCC(C3)N4C(=O)[C@H](C)NC(=O)OC(C)(C)C)c3c(c2)c(-c2nnc(C(F)F)s2)nn3C)CC1. The first-order valence-electron chi connectivity index (χ1n) is 15.1. The third-order valence-electron chi connectivity index (χ3n) is 8.41. The Labute approximate surface area is 274 Å². The quantitative estimate of drug-likeness (QED) is 0.321. The number of alkyl carbamates (subject to hydrolysis) is 1. The van der Waals surface area contributed by atoms with Gasteiger partial charge < -0.3 is 15.0 Å². The molecule has 2 aliphatic heterocycles. The second-order valence-corrected chi connectivity index (χ2v) is 15.8. The molecule has 47 heavy (non-hydrogen) atoms. The lowest BCUT2D eigenvalue weighted by Gasteiger charge is -2.36. The van der Waals surface area contributed by atoms with Crippen LogP contribution in [0.1, 0.15) is 76.8 Å². The van der Waals surface area contributed by atoms with E-state index in [1.165, 1.54) is 12.1 Å². The molecule has 1 aliphatic carbocycles. The van der Waals surface area contributed by atoms with Crippen LogP contribution in [0.5, 0.6) is 0 Å². The van der Waals surface area contributed by atoms with E-state index in [1.807, 2.05) is 6.08 Å². The number of fused-ring (bicyclic) bond motifs is 3. The lowest BCUT2D eigenvalue weighted by Crippen LogP contribution is -2.52. The average molecular weight is 689 g/mol. The largest absolute Gasteiger partial charge is 0.444 e. The fraction of sp³-hybridized carbons (Fsp3) is 0.533. The van der Waals surface area contributed by atoms with Crippen molar-refractivity contribution in [1.82, 2.24) is 34.9 Å². The summed E-state index contributed by atoms with van der Waals surface area (Å²) in [5, 5.41) is 14.7. The maximum Gasteiger partial charge on any atom is 0.408 e. The van der Waals surface area contributed by atoms with Crippen LogP contribution in [0.2, 0.25) is 0 Å². The Kier molecular flexibility index (Phi) is 8.12. The summed E-state index contributed by atoms with van der Waals surface area (Å²) in [4.78, 5) is 31.1. The molecule has 3 aliphatic rings. The zero-order chi connectivity index (χ0) is 34.1. The molecule has 6 rings (SSSR count). The highest BCUT2D eigenvalue weighted by Crippen LogP contribution is 2.44. The molecule has 2 amide bonds. The number of rotatable bonds is 8. The van der Waals surface area contributed by atoms with Gasteiger partial charge in [0.2, 0.25) is 15.9 Å². The summed E-state index contributed by atoms with van der Waals surface area (Å²) in [5.41, 5.74) is 0.200. The minimum absolute atomic E-state index is 0.107. The highest BCUT2D eigenvalue weighted by atomic mass is 32.2. The van der Waals surface area contributed by atoms with E-state index < -0.39 is 44.9 Å². The number of hydrogen-bond acceptors (Lipinski definition) is 9. The molecule has 1 saturated carbocycles. The van der Waals surface area contributed by atoms with E-state index in [-0.39, 0.29) is 33.6 Å². The molecule has 2 N–H and O–H groups in total. The van der Waals surface area contributed by atoms with Gasteiger partial charge in [-0.15, -0.1) is 14.9 Å². The van der Waals surface area contributed by atoms with Gasteiger partial charge in [0, 0.05) is 24.0 Å². The topological polar surface area (TPSA) is 153 Å². The maximum atomic E-state index is 13.7. The molecule has 2 fully saturated rings. The monoisotopic (exact) mass is 688 g/mol. The second kappa shape index (κ2) is 11.6. The lowest BCUT2D eigenvalue weighted by molar-refractivity contribution is -0.135. The Morgan fingerprint density at radius 2 is 1.94 bits per heavy atom. The fourth-order valence-corrected chi connectivity index (χ4v) is 8.29. The molecule has 1 saturated heterocycles. The summed E-state index contributed by atoms with van der Waals surface area (Å²) in [6.45, 7) is 14.3. The number of sulfonamides is 1. The molecular formula is C30H34F2N8O5S2. The minimum atomic E-state index is -4.19. The Balaban J connectivity index is 1.40. The van der Waals surface area contributed by atoms with Gasteiger partial charge in [0.1, 0.15) is 17.3 Å². The number of nitrogens with one attached hydrogen (secondary N) is 2. The molecule has 13 nitrogen and oxygen atoms in total. The fourth-order valence-electron chi connectivity index (χ4n) is 6.17. The van der Waals surface area contributed by atoms with Crippen molar-refractivity contribution in [2.75, 3.05) is 0 Å². The summed E-state index contributed by atoms with van der Waals surface area (Å²) in [5.74, 6) is -0.257. The zero-order valence-corrected chi connectivity index (χ0v) is 28.0. The van der Waals surface area contributed by atoms with Gasteiger partial charge in [0.15, 0.2) is 10.0 Å². The minimum Gasteiger partial charge on any atom is -0.444 e. The van der Waals surface area contributed by atoms with E-state index in [2.05, 4.69) is 30.2 Å². The third-order valence-corrected chi connectivity index (χ3v) is 10.9. The standard InChI is InChI=1S/C30H34F2N8O5S2/c1-15(34-28(42)45-29(2,3)4)27(41)40-17-7-8-18(40)12-16(11-17)20-13-19(47(43,44)38-30(33-5)9-10-30)14-21-22(37-39(6)23(20)21)25-35-36-26(46-25)24(31)32/h11,13-15,17-18,24,38H,7-10,12H2,1-4,6H3,(H,34,42)/t15-,17?,18?/m0/s1. The lowest BCUT2D eigenvalue weighted by atomic mass is 9.92. The molecule has 2 aromatic heterocycles. The molecule has 2 unspecified atom stereocenters. The van der Waals surface area contributed by atoms with Crippen LogP contribution in [0.25, 0.3) is 32.0 Å². The van der Waals surface area contributed by atoms with Crippen LogP contribution in [0.3, 0.4) is 0 Å². The summed E-state index contributed by atoms with van der Waals surface area (Å²) < 4.78 is 63.6. The van der Waals surface area contributed by atoms with Gasteiger partial charge in [-0.3, -0.25) is 14.3 Å². The van der Waals surface area contributed by atoms with Gasteiger partial charge >= 0.3 is 6.09 Å². The van der Waals surface area contributed by atoms with Gasteiger partial charge in [0.25, 0.3) is 12.1 Å². The van der Waals surface area contributed by atoms with Crippen molar-refractivity contribution in [3.05, 3.63) is 40.2 Å². The summed E-state index contributed by atoms with van der Waals surface area (Å²) in [7, 11) is -2.51. The van der Waals surface area contributed by atoms with Crippen LogP contribution >= 0.6 is 11.3 Å². The molecular weight excluding hydrogens is 655 g/mol. The summed E-state index contributed by atoms with van der Waals surface area (Å²) in [6.07, 6.45) is 0.973. The van der Waals surface area contributed by atoms with Crippen molar-refractivity contribution in [3.63, 3.8) is 0 Å². The molecule has 3 atom stereocenters. The van der Waals surface area contributed by atoms with E-state index in [4.69, 9.17) is 11.3 Å². The van der Waals surface area contributed by atoms with Crippen LogP contribution < -0.4 is 10.0 Å². The highest BCUT2D eigenvalue weighted by Gasteiger charge is 2.54. The molecule has 4 heterocycles. The number of carbonyl (C=O) groups excluding carboxylic acids is 2. The van der Waals surface area contributed by atoms with E-state index in [0.29, 0.717) is 59.9 Å². The van der Waals surface area contributed by atoms with Gasteiger partial charge in [-0.05, 0) is 64.7 Å². The van der Waals surface area contributed by atoms with Crippen molar-refractivity contribution >= 4 is 49.8 Å². The van der Waals surface area contributed by atoms with Crippen molar-refractivity contribution < 1.29 is 31.5 Å². The molecule has 250 valence electrons. The van der Waals surface area contributed by atoms with Crippen molar-refractivity contribution in [2.45, 2.75) is 101 Å². The van der Waals surface area contributed by atoms with Crippen molar-refractivity contribution in [2.24, 2.45) is 7.05 Å². The van der Waals surface area contributed by atoms with Crippen LogP contribution in [0.4, 0.5) is 13.6 Å². The molecule has 3 aromatic rings. The van der Waals surface area contributed by atoms with Gasteiger partial charge in [-0.1, -0.05) is 17.4 Å². The number of aromatic nitrogens is 4. The predicted molar refractivity (Wildman–Crippen MR) is 169 cm³/mol. The number of alkyl halides is 2.